The second-order valence-electron chi connectivity index (χ2n) is 7.23. The first-order valence-corrected chi connectivity index (χ1v) is 11.7. The van der Waals surface area contributed by atoms with E-state index in [0.29, 0.717) is 12.2 Å². The number of hydrogen-bond acceptors (Lipinski definition) is 4. The van der Waals surface area contributed by atoms with E-state index in [4.69, 9.17) is 4.98 Å². The van der Waals surface area contributed by atoms with Crippen LogP contribution in [0.1, 0.15) is 43.6 Å². The molecule has 0 fully saturated rings. The summed E-state index contributed by atoms with van der Waals surface area (Å²) < 4.78 is 26.5. The normalized spacial score (nSPS) is 12.8. The van der Waals surface area contributed by atoms with E-state index in [1.54, 1.807) is 0 Å². The van der Waals surface area contributed by atoms with Crippen LogP contribution in [0, 0.1) is 0 Å². The average Bonchev–Trinajstić information content (AvgIpc) is 3.03. The molecule has 3 aromatic rings. The van der Waals surface area contributed by atoms with Gasteiger partial charge in [0.05, 0.1) is 16.8 Å². The third kappa shape index (κ3) is 5.23. The summed E-state index contributed by atoms with van der Waals surface area (Å²) in [5, 5.41) is 2.90. The molecule has 7 heteroatoms. The number of benzene rings is 2. The maximum Gasteiger partial charge on any atom is 0.236 e. The first kappa shape index (κ1) is 21.0. The number of carbonyl (C=O) groups is 1. The van der Waals surface area contributed by atoms with Crippen LogP contribution in [0.15, 0.2) is 54.6 Å². The molecule has 6 nitrogen and oxygen atoms in total. The van der Waals surface area contributed by atoms with E-state index in [1.165, 1.54) is 0 Å². The van der Waals surface area contributed by atoms with Crippen molar-refractivity contribution in [2.45, 2.75) is 32.2 Å². The molecule has 154 valence electrons. The minimum Gasteiger partial charge on any atom is -0.341 e. The Hall–Kier alpha value is -2.67. The lowest BCUT2D eigenvalue weighted by atomic mass is 10.1. The first-order valence-electron chi connectivity index (χ1n) is 9.87. The minimum absolute atomic E-state index is 0.0382. The molecular weight excluding hydrogens is 386 g/mol. The lowest BCUT2D eigenvalue weighted by molar-refractivity contribution is -0.119. The Kier molecular flexibility index (Phi) is 6.69. The van der Waals surface area contributed by atoms with Crippen LogP contribution >= 0.6 is 0 Å². The van der Waals surface area contributed by atoms with E-state index in [9.17, 15) is 13.2 Å². The standard InChI is InChI=1S/C22H27N3O3S/c1-3-4-10-15-29(27,28)16-20(26)24-21(17-11-6-5-7-12-17)22-23-18-13-8-9-14-19(18)25(22)2/h5-9,11-14,21H,3-4,10,15-16H2,1-2H3,(H,24,26). The molecule has 0 bridgehead atoms. The molecule has 1 aromatic heterocycles. The number of para-hydroxylation sites is 2. The number of nitrogens with zero attached hydrogens (tertiary/aromatic N) is 2. The number of hydrogen-bond donors (Lipinski definition) is 1. The van der Waals surface area contributed by atoms with Crippen molar-refractivity contribution >= 4 is 26.8 Å². The molecule has 29 heavy (non-hydrogen) atoms. The van der Waals surface area contributed by atoms with Gasteiger partial charge < -0.3 is 9.88 Å². The number of aromatic nitrogens is 2. The number of rotatable bonds is 9. The lowest BCUT2D eigenvalue weighted by Gasteiger charge is -2.19. The van der Waals surface area contributed by atoms with Crippen LogP contribution in [0.5, 0.6) is 0 Å². The van der Waals surface area contributed by atoms with Crippen molar-refractivity contribution in [2.24, 2.45) is 7.05 Å². The van der Waals surface area contributed by atoms with Gasteiger partial charge in [-0.25, -0.2) is 13.4 Å². The van der Waals surface area contributed by atoms with Crippen LogP contribution in [-0.4, -0.2) is 35.4 Å². The summed E-state index contributed by atoms with van der Waals surface area (Å²) in [5.41, 5.74) is 2.62. The quantitative estimate of drug-likeness (QED) is 0.545. The molecule has 0 saturated heterocycles. The molecule has 2 aromatic carbocycles. The number of unbranched alkanes of at least 4 members (excludes halogenated alkanes) is 2. The SMILES string of the molecule is CCCCCS(=O)(=O)CC(=O)NC(c1ccccc1)c1nc2ccccc2n1C. The fraction of sp³-hybridized carbons (Fsp3) is 0.364. The van der Waals surface area contributed by atoms with Gasteiger partial charge in [-0.15, -0.1) is 0 Å². The average molecular weight is 414 g/mol. The van der Waals surface area contributed by atoms with Gasteiger partial charge >= 0.3 is 0 Å². The van der Waals surface area contributed by atoms with Crippen molar-refractivity contribution < 1.29 is 13.2 Å². The van der Waals surface area contributed by atoms with Crippen LogP contribution in [0.2, 0.25) is 0 Å². The highest BCUT2D eigenvalue weighted by Gasteiger charge is 2.25. The topological polar surface area (TPSA) is 81.1 Å². The lowest BCUT2D eigenvalue weighted by Crippen LogP contribution is -2.36. The number of amides is 1. The van der Waals surface area contributed by atoms with Crippen molar-refractivity contribution in [3.63, 3.8) is 0 Å². The Morgan fingerprint density at radius 2 is 1.76 bits per heavy atom. The maximum absolute atomic E-state index is 12.6. The largest absolute Gasteiger partial charge is 0.341 e. The van der Waals surface area contributed by atoms with E-state index in [-0.39, 0.29) is 5.75 Å². The summed E-state index contributed by atoms with van der Waals surface area (Å²) in [6.45, 7) is 2.01. The molecule has 0 saturated carbocycles. The van der Waals surface area contributed by atoms with Gasteiger partial charge in [0.15, 0.2) is 9.84 Å². The fourth-order valence-corrected chi connectivity index (χ4v) is 4.68. The summed E-state index contributed by atoms with van der Waals surface area (Å²) in [6.07, 6.45) is 2.36. The number of fused-ring (bicyclic) bond motifs is 1. The van der Waals surface area contributed by atoms with Crippen molar-refractivity contribution in [1.29, 1.82) is 0 Å². The Morgan fingerprint density at radius 1 is 1.07 bits per heavy atom. The third-order valence-electron chi connectivity index (χ3n) is 4.93. The summed E-state index contributed by atoms with van der Waals surface area (Å²) in [4.78, 5) is 17.3. The summed E-state index contributed by atoms with van der Waals surface area (Å²) in [6, 6.07) is 16.7. The molecule has 0 aliphatic rings. The smallest absolute Gasteiger partial charge is 0.236 e. The van der Waals surface area contributed by atoms with E-state index in [0.717, 1.165) is 29.4 Å². The highest BCUT2D eigenvalue weighted by atomic mass is 32.2. The zero-order valence-electron chi connectivity index (χ0n) is 16.8. The predicted octanol–water partition coefficient (Wildman–Crippen LogP) is 3.38. The second kappa shape index (κ2) is 9.22. The molecule has 0 radical (unpaired) electrons. The van der Waals surface area contributed by atoms with Gasteiger partial charge in [0.2, 0.25) is 5.91 Å². The summed E-state index contributed by atoms with van der Waals surface area (Å²) in [5.74, 6) is -0.322. The van der Waals surface area contributed by atoms with Gasteiger partial charge in [-0.3, -0.25) is 4.79 Å². The zero-order valence-corrected chi connectivity index (χ0v) is 17.7. The molecular formula is C22H27N3O3S. The van der Waals surface area contributed by atoms with Gasteiger partial charge in [-0.05, 0) is 24.1 Å². The summed E-state index contributed by atoms with van der Waals surface area (Å²) >= 11 is 0. The highest BCUT2D eigenvalue weighted by Crippen LogP contribution is 2.25. The Labute approximate surface area is 171 Å². The first-order chi connectivity index (χ1) is 13.9. The van der Waals surface area contributed by atoms with E-state index < -0.39 is 27.5 Å². The maximum atomic E-state index is 12.6. The van der Waals surface area contributed by atoms with Gasteiger partial charge in [0.25, 0.3) is 0 Å². The van der Waals surface area contributed by atoms with E-state index in [2.05, 4.69) is 5.32 Å². The van der Waals surface area contributed by atoms with Crippen molar-refractivity contribution in [1.82, 2.24) is 14.9 Å². The van der Waals surface area contributed by atoms with Gasteiger partial charge in [0, 0.05) is 7.05 Å². The Morgan fingerprint density at radius 3 is 2.45 bits per heavy atom. The summed E-state index contributed by atoms with van der Waals surface area (Å²) in [7, 11) is -1.54. The van der Waals surface area contributed by atoms with Crippen LogP contribution in [0.25, 0.3) is 11.0 Å². The van der Waals surface area contributed by atoms with E-state index >= 15 is 0 Å². The number of carbonyl (C=O) groups excluding carboxylic acids is 1. The van der Waals surface area contributed by atoms with Crippen molar-refractivity contribution in [3.05, 3.63) is 66.0 Å². The number of nitrogens with one attached hydrogen (secondary N) is 1. The van der Waals surface area contributed by atoms with Crippen LogP contribution < -0.4 is 5.32 Å². The monoisotopic (exact) mass is 413 g/mol. The minimum atomic E-state index is -3.44. The van der Waals surface area contributed by atoms with Crippen LogP contribution in [0.3, 0.4) is 0 Å². The van der Waals surface area contributed by atoms with E-state index in [1.807, 2.05) is 73.1 Å². The molecule has 0 aliphatic heterocycles. The molecule has 0 spiro atoms. The van der Waals surface area contributed by atoms with Crippen molar-refractivity contribution in [3.8, 4) is 0 Å². The van der Waals surface area contributed by atoms with Gasteiger partial charge in [-0.2, -0.15) is 0 Å². The zero-order chi connectivity index (χ0) is 20.9. The molecule has 1 unspecified atom stereocenters. The van der Waals surface area contributed by atoms with Gasteiger partial charge in [-0.1, -0.05) is 62.2 Å². The van der Waals surface area contributed by atoms with Crippen molar-refractivity contribution in [2.75, 3.05) is 11.5 Å². The Balaban J connectivity index is 1.87. The van der Waals surface area contributed by atoms with Crippen LogP contribution in [0.4, 0.5) is 0 Å². The molecule has 1 N–H and O–H groups in total. The highest BCUT2D eigenvalue weighted by molar-refractivity contribution is 7.92. The number of sulfone groups is 1. The molecule has 1 amide bonds. The molecule has 0 aliphatic carbocycles. The fourth-order valence-electron chi connectivity index (χ4n) is 3.41. The molecule has 3 rings (SSSR count). The number of imidazole rings is 1. The molecule has 1 atom stereocenters. The Bertz CT molecular complexity index is 1080. The third-order valence-corrected chi connectivity index (χ3v) is 6.54. The van der Waals surface area contributed by atoms with Crippen LogP contribution in [-0.2, 0) is 21.7 Å². The second-order valence-corrected chi connectivity index (χ2v) is 9.41. The van der Waals surface area contributed by atoms with Gasteiger partial charge in [0.1, 0.15) is 17.6 Å². The predicted molar refractivity (Wildman–Crippen MR) is 115 cm³/mol. The molecule has 1 heterocycles. The number of aryl methyl sites for hydroxylation is 1.